The van der Waals surface area contributed by atoms with E-state index < -0.39 is 12.6 Å². The predicted molar refractivity (Wildman–Crippen MR) is 55.6 cm³/mol. The van der Waals surface area contributed by atoms with E-state index in [0.29, 0.717) is 11.3 Å². The number of aliphatic carboxylic acids is 1. The van der Waals surface area contributed by atoms with Crippen LogP contribution in [-0.4, -0.2) is 24.8 Å². The number of methoxy groups -OCH3 is 1. The summed E-state index contributed by atoms with van der Waals surface area (Å²) in [5.41, 5.74) is 0.411. The van der Waals surface area contributed by atoms with Crippen molar-refractivity contribution in [1.29, 1.82) is 0 Å². The molecule has 0 aliphatic carbocycles. The van der Waals surface area contributed by atoms with E-state index in [2.05, 4.69) is 4.74 Å². The first-order valence-electron chi connectivity index (χ1n) is 4.86. The van der Waals surface area contributed by atoms with E-state index in [0.717, 1.165) is 0 Å². The number of rotatable bonds is 6. The van der Waals surface area contributed by atoms with Gasteiger partial charge >= 0.3 is 12.6 Å². The molecule has 0 saturated heterocycles. The van der Waals surface area contributed by atoms with Crippen molar-refractivity contribution in [3.05, 3.63) is 23.8 Å². The first kappa shape index (κ1) is 13.2. The van der Waals surface area contributed by atoms with Crippen LogP contribution < -0.4 is 9.47 Å². The molecule has 0 aliphatic rings. The van der Waals surface area contributed by atoms with Gasteiger partial charge in [-0.3, -0.25) is 4.79 Å². The third-order valence-corrected chi connectivity index (χ3v) is 2.10. The fourth-order valence-electron chi connectivity index (χ4n) is 1.32. The molecule has 1 aromatic carbocycles. The van der Waals surface area contributed by atoms with Crippen molar-refractivity contribution in [2.75, 3.05) is 7.11 Å². The molecule has 0 bridgehead atoms. The maximum Gasteiger partial charge on any atom is 0.387 e. The summed E-state index contributed by atoms with van der Waals surface area (Å²) in [5, 5.41) is 8.53. The highest BCUT2D eigenvalue weighted by Gasteiger charge is 2.12. The topological polar surface area (TPSA) is 55.8 Å². The van der Waals surface area contributed by atoms with Gasteiger partial charge in [-0.25, -0.2) is 0 Å². The number of benzene rings is 1. The van der Waals surface area contributed by atoms with E-state index in [1.807, 2.05) is 0 Å². The van der Waals surface area contributed by atoms with Crippen LogP contribution >= 0.6 is 0 Å². The van der Waals surface area contributed by atoms with Crippen molar-refractivity contribution in [3.8, 4) is 11.5 Å². The zero-order chi connectivity index (χ0) is 12.8. The highest BCUT2D eigenvalue weighted by Crippen LogP contribution is 2.27. The van der Waals surface area contributed by atoms with Gasteiger partial charge in [0.15, 0.2) is 0 Å². The minimum Gasteiger partial charge on any atom is -0.497 e. The van der Waals surface area contributed by atoms with Crippen molar-refractivity contribution >= 4 is 5.97 Å². The van der Waals surface area contributed by atoms with Gasteiger partial charge in [0, 0.05) is 12.5 Å². The molecule has 0 amide bonds. The molecule has 0 fully saturated rings. The smallest absolute Gasteiger partial charge is 0.387 e. The molecule has 0 radical (unpaired) electrons. The summed E-state index contributed by atoms with van der Waals surface area (Å²) in [7, 11) is 1.40. The van der Waals surface area contributed by atoms with E-state index in [1.165, 1.54) is 19.2 Å². The summed E-state index contributed by atoms with van der Waals surface area (Å²) >= 11 is 0. The lowest BCUT2D eigenvalue weighted by Gasteiger charge is -2.11. The second-order valence-electron chi connectivity index (χ2n) is 3.25. The SMILES string of the molecule is COc1ccc(CCC(=O)O)c(OC(F)F)c1. The second-order valence-corrected chi connectivity index (χ2v) is 3.25. The van der Waals surface area contributed by atoms with Gasteiger partial charge in [-0.15, -0.1) is 0 Å². The number of carboxylic acid groups (broad SMARTS) is 1. The average Bonchev–Trinajstić information content (AvgIpc) is 2.26. The molecule has 0 aliphatic heterocycles. The lowest BCUT2D eigenvalue weighted by molar-refractivity contribution is -0.136. The van der Waals surface area contributed by atoms with E-state index in [-0.39, 0.29) is 18.6 Å². The van der Waals surface area contributed by atoms with Crippen molar-refractivity contribution in [2.24, 2.45) is 0 Å². The fraction of sp³-hybridized carbons (Fsp3) is 0.364. The summed E-state index contributed by atoms with van der Waals surface area (Å²) in [6.07, 6.45) is -0.0205. The normalized spacial score (nSPS) is 10.4. The van der Waals surface area contributed by atoms with Crippen LogP contribution in [0.3, 0.4) is 0 Å². The third-order valence-electron chi connectivity index (χ3n) is 2.10. The number of alkyl halides is 2. The molecule has 0 saturated carbocycles. The van der Waals surface area contributed by atoms with E-state index >= 15 is 0 Å². The number of hydrogen-bond donors (Lipinski definition) is 1. The van der Waals surface area contributed by atoms with Gasteiger partial charge in [0.25, 0.3) is 0 Å². The Balaban J connectivity index is 2.89. The molecule has 0 spiro atoms. The van der Waals surface area contributed by atoms with Gasteiger partial charge in [0.2, 0.25) is 0 Å². The summed E-state index contributed by atoms with van der Waals surface area (Å²) < 4.78 is 33.5. The standard InChI is InChI=1S/C11H12F2O4/c1-16-8-4-2-7(3-5-10(14)15)9(6-8)17-11(12)13/h2,4,6,11H,3,5H2,1H3,(H,14,15). The summed E-state index contributed by atoms with van der Waals surface area (Å²) in [5.74, 6) is -0.677. The zero-order valence-electron chi connectivity index (χ0n) is 9.15. The first-order chi connectivity index (χ1) is 8.02. The van der Waals surface area contributed by atoms with E-state index in [4.69, 9.17) is 9.84 Å². The van der Waals surface area contributed by atoms with Crippen molar-refractivity contribution in [3.63, 3.8) is 0 Å². The average molecular weight is 246 g/mol. The van der Waals surface area contributed by atoms with Crippen LogP contribution in [0.4, 0.5) is 8.78 Å². The van der Waals surface area contributed by atoms with Crippen molar-refractivity contribution in [2.45, 2.75) is 19.5 Å². The van der Waals surface area contributed by atoms with Crippen LogP contribution in [-0.2, 0) is 11.2 Å². The molecule has 0 aromatic heterocycles. The molecule has 1 rings (SSSR count). The van der Waals surface area contributed by atoms with Crippen LogP contribution in [0.5, 0.6) is 11.5 Å². The largest absolute Gasteiger partial charge is 0.497 e. The molecule has 6 heteroatoms. The molecule has 0 heterocycles. The minimum atomic E-state index is -2.95. The summed E-state index contributed by atoms with van der Waals surface area (Å²) in [6.45, 7) is -2.95. The number of aryl methyl sites for hydroxylation is 1. The molecule has 0 unspecified atom stereocenters. The molecule has 0 atom stereocenters. The number of carbonyl (C=O) groups is 1. The Labute approximate surface area is 96.8 Å². The van der Waals surface area contributed by atoms with Crippen molar-refractivity contribution < 1.29 is 28.2 Å². The molecular formula is C11H12F2O4. The Morgan fingerprint density at radius 3 is 2.71 bits per heavy atom. The van der Waals surface area contributed by atoms with Crippen LogP contribution in [0.15, 0.2) is 18.2 Å². The maximum absolute atomic E-state index is 12.2. The van der Waals surface area contributed by atoms with Crippen LogP contribution in [0.2, 0.25) is 0 Å². The lowest BCUT2D eigenvalue weighted by Crippen LogP contribution is -2.06. The first-order valence-corrected chi connectivity index (χ1v) is 4.86. The predicted octanol–water partition coefficient (Wildman–Crippen LogP) is 2.31. The van der Waals surface area contributed by atoms with Gasteiger partial charge in [-0.1, -0.05) is 6.07 Å². The second kappa shape index (κ2) is 6.03. The molecule has 1 aromatic rings. The van der Waals surface area contributed by atoms with Crippen LogP contribution in [0.1, 0.15) is 12.0 Å². The number of hydrogen-bond acceptors (Lipinski definition) is 3. The van der Waals surface area contributed by atoms with Crippen LogP contribution in [0, 0.1) is 0 Å². The third kappa shape index (κ3) is 4.26. The summed E-state index contributed by atoms with van der Waals surface area (Å²) in [4.78, 5) is 10.4. The van der Waals surface area contributed by atoms with Gasteiger partial charge in [0.05, 0.1) is 7.11 Å². The van der Waals surface area contributed by atoms with Gasteiger partial charge < -0.3 is 14.6 Å². The van der Waals surface area contributed by atoms with Crippen molar-refractivity contribution in [1.82, 2.24) is 0 Å². The monoisotopic (exact) mass is 246 g/mol. The van der Waals surface area contributed by atoms with Gasteiger partial charge in [-0.2, -0.15) is 8.78 Å². The number of halogens is 2. The molecular weight excluding hydrogens is 234 g/mol. The van der Waals surface area contributed by atoms with Gasteiger partial charge in [0.1, 0.15) is 11.5 Å². The Morgan fingerprint density at radius 2 is 2.18 bits per heavy atom. The number of carboxylic acids is 1. The Hall–Kier alpha value is -1.85. The minimum absolute atomic E-state index is 0.0550. The molecule has 4 nitrogen and oxygen atoms in total. The highest BCUT2D eigenvalue weighted by molar-refractivity contribution is 5.67. The lowest BCUT2D eigenvalue weighted by atomic mass is 10.1. The number of ether oxygens (including phenoxy) is 2. The Morgan fingerprint density at radius 1 is 1.47 bits per heavy atom. The Bertz CT molecular complexity index is 393. The molecule has 1 N–H and O–H groups in total. The highest BCUT2D eigenvalue weighted by atomic mass is 19.3. The fourth-order valence-corrected chi connectivity index (χ4v) is 1.32. The van der Waals surface area contributed by atoms with Crippen LogP contribution in [0.25, 0.3) is 0 Å². The maximum atomic E-state index is 12.2. The van der Waals surface area contributed by atoms with Gasteiger partial charge in [-0.05, 0) is 18.1 Å². The molecule has 94 valence electrons. The van der Waals surface area contributed by atoms with E-state index in [1.54, 1.807) is 6.07 Å². The van der Waals surface area contributed by atoms with E-state index in [9.17, 15) is 13.6 Å². The molecule has 17 heavy (non-hydrogen) atoms. The quantitative estimate of drug-likeness (QED) is 0.836. The Kier molecular flexibility index (Phi) is 4.68. The zero-order valence-corrected chi connectivity index (χ0v) is 9.15. The summed E-state index contributed by atoms with van der Waals surface area (Å²) in [6, 6.07) is 4.39.